The zero-order valence-corrected chi connectivity index (χ0v) is 15.3. The second-order valence-corrected chi connectivity index (χ2v) is 6.98. The molecule has 138 valence electrons. The fourth-order valence-electron chi connectivity index (χ4n) is 3.11. The Morgan fingerprint density at radius 3 is 2.64 bits per heavy atom. The highest BCUT2D eigenvalue weighted by Gasteiger charge is 2.26. The van der Waals surface area contributed by atoms with Gasteiger partial charge in [-0.05, 0) is 43.0 Å². The van der Waals surface area contributed by atoms with Crippen molar-refractivity contribution >= 4 is 17.5 Å². The van der Waals surface area contributed by atoms with E-state index in [0.29, 0.717) is 32.1 Å². The molecule has 1 aromatic rings. The monoisotopic (exact) mass is 346 g/mol. The minimum Gasteiger partial charge on any atom is -0.355 e. The van der Waals surface area contributed by atoms with E-state index < -0.39 is 0 Å². The summed E-state index contributed by atoms with van der Waals surface area (Å²) in [6, 6.07) is 7.96. The van der Waals surface area contributed by atoms with Crippen LogP contribution in [0.5, 0.6) is 0 Å². The Hall–Kier alpha value is -1.92. The van der Waals surface area contributed by atoms with Gasteiger partial charge in [-0.3, -0.25) is 14.5 Å². The molecule has 25 heavy (non-hydrogen) atoms. The van der Waals surface area contributed by atoms with Crippen LogP contribution in [0.3, 0.4) is 0 Å². The standard InChI is InChI=1S/C19H30N4O2/c1-14(2)15-5-7-17(8-6-15)22-18(24)13-23-11-3-4-16(12-23)19(25)21-10-9-20/h5-8,14,16H,3-4,9-13,20H2,1-2H3,(H,21,25)(H,22,24). The molecule has 6 nitrogen and oxygen atoms in total. The maximum Gasteiger partial charge on any atom is 0.238 e. The lowest BCUT2D eigenvalue weighted by Gasteiger charge is -2.31. The third kappa shape index (κ3) is 6.14. The molecule has 1 aliphatic heterocycles. The zero-order chi connectivity index (χ0) is 18.2. The summed E-state index contributed by atoms with van der Waals surface area (Å²) in [6.07, 6.45) is 1.79. The molecule has 0 aromatic heterocycles. The Kier molecular flexibility index (Phi) is 7.40. The van der Waals surface area contributed by atoms with E-state index in [1.807, 2.05) is 29.2 Å². The fourth-order valence-corrected chi connectivity index (χ4v) is 3.11. The summed E-state index contributed by atoms with van der Waals surface area (Å²) >= 11 is 0. The summed E-state index contributed by atoms with van der Waals surface area (Å²) in [7, 11) is 0. The quantitative estimate of drug-likeness (QED) is 0.699. The molecule has 1 saturated heterocycles. The molecule has 0 saturated carbocycles. The van der Waals surface area contributed by atoms with Crippen molar-refractivity contribution in [2.24, 2.45) is 11.7 Å². The van der Waals surface area contributed by atoms with Gasteiger partial charge in [-0.2, -0.15) is 0 Å². The number of carbonyl (C=O) groups excluding carboxylic acids is 2. The number of benzene rings is 1. The maximum atomic E-state index is 12.3. The first kappa shape index (κ1) is 19.4. The van der Waals surface area contributed by atoms with Crippen LogP contribution in [0, 0.1) is 5.92 Å². The molecule has 2 rings (SSSR count). The van der Waals surface area contributed by atoms with Gasteiger partial charge < -0.3 is 16.4 Å². The van der Waals surface area contributed by atoms with E-state index in [1.54, 1.807) is 0 Å². The van der Waals surface area contributed by atoms with E-state index >= 15 is 0 Å². The fraction of sp³-hybridized carbons (Fsp3) is 0.579. The Balaban J connectivity index is 1.82. The average molecular weight is 346 g/mol. The molecule has 1 unspecified atom stereocenters. The topological polar surface area (TPSA) is 87.5 Å². The summed E-state index contributed by atoms with van der Waals surface area (Å²) < 4.78 is 0. The number of nitrogens with one attached hydrogen (secondary N) is 2. The van der Waals surface area contributed by atoms with Crippen LogP contribution in [0.1, 0.15) is 38.2 Å². The normalized spacial score (nSPS) is 18.2. The first-order valence-corrected chi connectivity index (χ1v) is 9.09. The van der Waals surface area contributed by atoms with Crippen molar-refractivity contribution in [2.45, 2.75) is 32.6 Å². The van der Waals surface area contributed by atoms with Gasteiger partial charge in [0.15, 0.2) is 0 Å². The van der Waals surface area contributed by atoms with E-state index in [-0.39, 0.29) is 17.7 Å². The van der Waals surface area contributed by atoms with Crippen LogP contribution in [0.4, 0.5) is 5.69 Å². The predicted octanol–water partition coefficient (Wildman–Crippen LogP) is 1.54. The van der Waals surface area contributed by atoms with Crippen LogP contribution in [-0.2, 0) is 9.59 Å². The zero-order valence-electron chi connectivity index (χ0n) is 15.3. The van der Waals surface area contributed by atoms with E-state index in [9.17, 15) is 9.59 Å². The lowest BCUT2D eigenvalue weighted by molar-refractivity contribution is -0.127. The van der Waals surface area contributed by atoms with E-state index in [2.05, 4.69) is 24.5 Å². The van der Waals surface area contributed by atoms with Crippen molar-refractivity contribution in [3.63, 3.8) is 0 Å². The molecule has 4 N–H and O–H groups in total. The van der Waals surface area contributed by atoms with Crippen LogP contribution in [0.15, 0.2) is 24.3 Å². The molecule has 2 amide bonds. The average Bonchev–Trinajstić information content (AvgIpc) is 2.60. The van der Waals surface area contributed by atoms with Gasteiger partial charge in [0.1, 0.15) is 0 Å². The first-order valence-electron chi connectivity index (χ1n) is 9.09. The third-order valence-electron chi connectivity index (χ3n) is 4.55. The maximum absolute atomic E-state index is 12.3. The molecular formula is C19H30N4O2. The number of hydrogen-bond donors (Lipinski definition) is 3. The minimum absolute atomic E-state index is 0.0414. The Morgan fingerprint density at radius 1 is 1.28 bits per heavy atom. The molecule has 1 atom stereocenters. The molecule has 1 aromatic carbocycles. The van der Waals surface area contributed by atoms with E-state index in [0.717, 1.165) is 25.1 Å². The van der Waals surface area contributed by atoms with Gasteiger partial charge in [-0.15, -0.1) is 0 Å². The van der Waals surface area contributed by atoms with Crippen LogP contribution < -0.4 is 16.4 Å². The van der Waals surface area contributed by atoms with Crippen molar-refractivity contribution in [2.75, 3.05) is 38.0 Å². The van der Waals surface area contributed by atoms with Crippen molar-refractivity contribution in [1.82, 2.24) is 10.2 Å². The molecule has 0 aliphatic carbocycles. The minimum atomic E-state index is -0.0570. The summed E-state index contributed by atoms with van der Waals surface area (Å²) in [5.41, 5.74) is 7.48. The van der Waals surface area contributed by atoms with Crippen LogP contribution in [0.2, 0.25) is 0 Å². The summed E-state index contributed by atoms with van der Waals surface area (Å²) in [6.45, 7) is 7.01. The van der Waals surface area contributed by atoms with E-state index in [4.69, 9.17) is 5.73 Å². The van der Waals surface area contributed by atoms with Gasteiger partial charge in [0.05, 0.1) is 12.5 Å². The summed E-state index contributed by atoms with van der Waals surface area (Å²) in [5.74, 6) is 0.416. The molecule has 1 aliphatic rings. The van der Waals surface area contributed by atoms with Crippen molar-refractivity contribution in [3.8, 4) is 0 Å². The molecule has 1 fully saturated rings. The SMILES string of the molecule is CC(C)c1ccc(NC(=O)CN2CCCC(C(=O)NCCN)C2)cc1. The van der Waals surface area contributed by atoms with Crippen LogP contribution >= 0.6 is 0 Å². The van der Waals surface area contributed by atoms with Gasteiger partial charge >= 0.3 is 0 Å². The van der Waals surface area contributed by atoms with Crippen LogP contribution in [0.25, 0.3) is 0 Å². The number of piperidine rings is 1. The highest BCUT2D eigenvalue weighted by molar-refractivity contribution is 5.92. The summed E-state index contributed by atoms with van der Waals surface area (Å²) in [4.78, 5) is 26.4. The second-order valence-electron chi connectivity index (χ2n) is 6.98. The Bertz CT molecular complexity index is 571. The highest BCUT2D eigenvalue weighted by Crippen LogP contribution is 2.18. The molecule has 0 radical (unpaired) electrons. The summed E-state index contributed by atoms with van der Waals surface area (Å²) in [5, 5.41) is 5.77. The van der Waals surface area contributed by atoms with E-state index in [1.165, 1.54) is 5.56 Å². The molecular weight excluding hydrogens is 316 g/mol. The Morgan fingerprint density at radius 2 is 2.00 bits per heavy atom. The van der Waals surface area contributed by atoms with Gasteiger partial charge in [0, 0.05) is 25.3 Å². The number of carbonyl (C=O) groups is 2. The number of rotatable bonds is 7. The number of amides is 2. The Labute approximate surface area is 150 Å². The van der Waals surface area contributed by atoms with Gasteiger partial charge in [0.25, 0.3) is 0 Å². The van der Waals surface area contributed by atoms with Gasteiger partial charge in [-0.1, -0.05) is 26.0 Å². The predicted molar refractivity (Wildman–Crippen MR) is 100 cm³/mol. The highest BCUT2D eigenvalue weighted by atomic mass is 16.2. The molecule has 0 bridgehead atoms. The molecule has 6 heteroatoms. The second kappa shape index (κ2) is 9.53. The lowest BCUT2D eigenvalue weighted by Crippen LogP contribution is -2.46. The number of likely N-dealkylation sites (tertiary alicyclic amines) is 1. The van der Waals surface area contributed by atoms with Crippen molar-refractivity contribution in [1.29, 1.82) is 0 Å². The molecule has 1 heterocycles. The van der Waals surface area contributed by atoms with Crippen molar-refractivity contribution in [3.05, 3.63) is 29.8 Å². The van der Waals surface area contributed by atoms with Gasteiger partial charge in [-0.25, -0.2) is 0 Å². The molecule has 0 spiro atoms. The smallest absolute Gasteiger partial charge is 0.238 e. The number of nitrogens with two attached hydrogens (primary N) is 1. The van der Waals surface area contributed by atoms with Crippen molar-refractivity contribution < 1.29 is 9.59 Å². The number of hydrogen-bond acceptors (Lipinski definition) is 4. The van der Waals surface area contributed by atoms with Gasteiger partial charge in [0.2, 0.25) is 11.8 Å². The third-order valence-corrected chi connectivity index (χ3v) is 4.55. The van der Waals surface area contributed by atoms with Crippen LogP contribution in [-0.4, -0.2) is 49.4 Å². The first-order chi connectivity index (χ1) is 12.0. The lowest BCUT2D eigenvalue weighted by atomic mass is 9.97. The largest absolute Gasteiger partial charge is 0.355 e. The number of anilines is 1. The number of nitrogens with zero attached hydrogens (tertiary/aromatic N) is 1.